The Labute approximate surface area is 162 Å². The first kappa shape index (κ1) is 18.2. The molecule has 1 saturated heterocycles. The fourth-order valence-electron chi connectivity index (χ4n) is 3.52. The van der Waals surface area contributed by atoms with Crippen molar-refractivity contribution < 1.29 is 9.18 Å². The van der Waals surface area contributed by atoms with Crippen LogP contribution in [0.5, 0.6) is 0 Å². The van der Waals surface area contributed by atoms with Gasteiger partial charge in [0.05, 0.1) is 30.2 Å². The van der Waals surface area contributed by atoms with Crippen molar-refractivity contribution in [2.24, 2.45) is 7.05 Å². The minimum absolute atomic E-state index is 0.0573. The number of amides is 1. The van der Waals surface area contributed by atoms with E-state index in [1.165, 1.54) is 12.1 Å². The summed E-state index contributed by atoms with van der Waals surface area (Å²) in [6.07, 6.45) is 7.03. The molecule has 1 aliphatic rings. The molecule has 0 spiro atoms. The van der Waals surface area contributed by atoms with Crippen molar-refractivity contribution >= 4 is 11.6 Å². The summed E-state index contributed by atoms with van der Waals surface area (Å²) >= 11 is 0. The highest BCUT2D eigenvalue weighted by Crippen LogP contribution is 2.31. The van der Waals surface area contributed by atoms with E-state index in [0.717, 1.165) is 30.6 Å². The van der Waals surface area contributed by atoms with E-state index in [4.69, 9.17) is 0 Å². The molecule has 1 unspecified atom stereocenters. The fourth-order valence-corrected chi connectivity index (χ4v) is 3.52. The Hall–Kier alpha value is -3.13. The number of likely N-dealkylation sites (tertiary alicyclic amines) is 1. The van der Waals surface area contributed by atoms with Crippen molar-refractivity contribution in [3.05, 3.63) is 60.4 Å². The van der Waals surface area contributed by atoms with Crippen LogP contribution in [0.15, 0.2) is 48.9 Å². The SMILES string of the molecule is Cn1cc(NC(=O)CN2CCCC2c2ccnc(-c3ccc(F)cc3)n2)cn1. The Bertz CT molecular complexity index is 971. The minimum atomic E-state index is -0.290. The predicted octanol–water partition coefficient (Wildman–Crippen LogP) is 2.79. The van der Waals surface area contributed by atoms with Crippen LogP contribution >= 0.6 is 0 Å². The Morgan fingerprint density at radius 1 is 1.29 bits per heavy atom. The van der Waals surface area contributed by atoms with Gasteiger partial charge >= 0.3 is 0 Å². The maximum Gasteiger partial charge on any atom is 0.238 e. The van der Waals surface area contributed by atoms with Crippen molar-refractivity contribution in [1.82, 2.24) is 24.6 Å². The van der Waals surface area contributed by atoms with Gasteiger partial charge in [-0.15, -0.1) is 0 Å². The third-order valence-corrected chi connectivity index (χ3v) is 4.82. The van der Waals surface area contributed by atoms with Crippen molar-refractivity contribution in [3.63, 3.8) is 0 Å². The van der Waals surface area contributed by atoms with Gasteiger partial charge in [0.15, 0.2) is 5.82 Å². The number of nitrogens with one attached hydrogen (secondary N) is 1. The minimum Gasteiger partial charge on any atom is -0.322 e. The molecule has 7 nitrogen and oxygen atoms in total. The van der Waals surface area contributed by atoms with Crippen LogP contribution in [0.2, 0.25) is 0 Å². The summed E-state index contributed by atoms with van der Waals surface area (Å²) in [5.41, 5.74) is 2.33. The predicted molar refractivity (Wildman–Crippen MR) is 103 cm³/mol. The number of aromatic nitrogens is 4. The lowest BCUT2D eigenvalue weighted by atomic mass is 10.1. The summed E-state index contributed by atoms with van der Waals surface area (Å²) in [5, 5.41) is 6.93. The first-order chi connectivity index (χ1) is 13.6. The van der Waals surface area contributed by atoms with Crippen molar-refractivity contribution in [2.45, 2.75) is 18.9 Å². The largest absolute Gasteiger partial charge is 0.322 e. The zero-order chi connectivity index (χ0) is 19.5. The average molecular weight is 380 g/mol. The van der Waals surface area contributed by atoms with Gasteiger partial charge in [-0.05, 0) is 49.7 Å². The van der Waals surface area contributed by atoms with Crippen LogP contribution < -0.4 is 5.32 Å². The average Bonchev–Trinajstić information content (AvgIpc) is 3.31. The summed E-state index contributed by atoms with van der Waals surface area (Å²) in [4.78, 5) is 23.5. The second-order valence-electron chi connectivity index (χ2n) is 6.89. The molecule has 0 aliphatic carbocycles. The van der Waals surface area contributed by atoms with E-state index in [2.05, 4.69) is 25.3 Å². The number of hydrogen-bond acceptors (Lipinski definition) is 5. The van der Waals surface area contributed by atoms with Gasteiger partial charge in [-0.1, -0.05) is 0 Å². The second-order valence-corrected chi connectivity index (χ2v) is 6.89. The van der Waals surface area contributed by atoms with E-state index in [0.29, 0.717) is 11.5 Å². The first-order valence-corrected chi connectivity index (χ1v) is 9.20. The fraction of sp³-hybridized carbons (Fsp3) is 0.300. The number of benzene rings is 1. The number of carbonyl (C=O) groups is 1. The molecule has 4 rings (SSSR count). The number of carbonyl (C=O) groups excluding carboxylic acids is 1. The summed E-state index contributed by atoms with van der Waals surface area (Å²) in [5.74, 6) is 0.193. The smallest absolute Gasteiger partial charge is 0.238 e. The molecule has 1 aromatic carbocycles. The normalized spacial score (nSPS) is 17.0. The van der Waals surface area contributed by atoms with Crippen LogP contribution in [0.25, 0.3) is 11.4 Å². The highest BCUT2D eigenvalue weighted by atomic mass is 19.1. The van der Waals surface area contributed by atoms with Gasteiger partial charge in [0.2, 0.25) is 5.91 Å². The molecule has 1 N–H and O–H groups in total. The van der Waals surface area contributed by atoms with Crippen LogP contribution in [0.1, 0.15) is 24.6 Å². The molecule has 1 atom stereocenters. The molecule has 3 heterocycles. The highest BCUT2D eigenvalue weighted by Gasteiger charge is 2.29. The monoisotopic (exact) mass is 380 g/mol. The molecule has 1 amide bonds. The van der Waals surface area contributed by atoms with Gasteiger partial charge < -0.3 is 5.32 Å². The Morgan fingerprint density at radius 2 is 2.11 bits per heavy atom. The Kier molecular flexibility index (Phi) is 5.12. The summed E-state index contributed by atoms with van der Waals surface area (Å²) in [6, 6.07) is 8.08. The van der Waals surface area contributed by atoms with E-state index in [-0.39, 0.29) is 24.3 Å². The molecular formula is C20H21FN6O. The maximum atomic E-state index is 13.2. The molecule has 2 aromatic heterocycles. The lowest BCUT2D eigenvalue weighted by Crippen LogP contribution is -2.33. The molecular weight excluding hydrogens is 359 g/mol. The lowest BCUT2D eigenvalue weighted by molar-refractivity contribution is -0.117. The molecule has 8 heteroatoms. The van der Waals surface area contributed by atoms with E-state index >= 15 is 0 Å². The molecule has 0 radical (unpaired) electrons. The quantitative estimate of drug-likeness (QED) is 0.737. The topological polar surface area (TPSA) is 75.9 Å². The van der Waals surface area contributed by atoms with Crippen LogP contribution in [0, 0.1) is 5.82 Å². The van der Waals surface area contributed by atoms with Gasteiger partial charge in [-0.25, -0.2) is 14.4 Å². The number of hydrogen-bond donors (Lipinski definition) is 1. The Morgan fingerprint density at radius 3 is 2.86 bits per heavy atom. The molecule has 144 valence electrons. The molecule has 1 fully saturated rings. The number of aryl methyl sites for hydroxylation is 1. The molecule has 1 aliphatic heterocycles. The van der Waals surface area contributed by atoms with Gasteiger partial charge in [0, 0.05) is 25.0 Å². The molecule has 3 aromatic rings. The first-order valence-electron chi connectivity index (χ1n) is 9.20. The van der Waals surface area contributed by atoms with Crippen LogP contribution in [0.3, 0.4) is 0 Å². The van der Waals surface area contributed by atoms with E-state index in [1.54, 1.807) is 42.5 Å². The molecule has 28 heavy (non-hydrogen) atoms. The van der Waals surface area contributed by atoms with Crippen LogP contribution in [-0.2, 0) is 11.8 Å². The van der Waals surface area contributed by atoms with Crippen LogP contribution in [-0.4, -0.2) is 43.6 Å². The van der Waals surface area contributed by atoms with Crippen LogP contribution in [0.4, 0.5) is 10.1 Å². The number of nitrogens with zero attached hydrogens (tertiary/aromatic N) is 5. The zero-order valence-electron chi connectivity index (χ0n) is 15.5. The summed E-state index contributed by atoms with van der Waals surface area (Å²) in [7, 11) is 1.81. The van der Waals surface area contributed by atoms with Crippen molar-refractivity contribution in [1.29, 1.82) is 0 Å². The number of halogens is 1. The van der Waals surface area contributed by atoms with Gasteiger partial charge in [0.25, 0.3) is 0 Å². The standard InChI is InChI=1S/C20H21FN6O/c1-26-12-16(11-23-26)24-19(28)13-27-10-2-3-18(27)17-8-9-22-20(25-17)14-4-6-15(21)7-5-14/h4-9,11-12,18H,2-3,10,13H2,1H3,(H,24,28). The van der Waals surface area contributed by atoms with Crippen molar-refractivity contribution in [2.75, 3.05) is 18.4 Å². The zero-order valence-corrected chi connectivity index (χ0v) is 15.5. The van der Waals surface area contributed by atoms with E-state index < -0.39 is 0 Å². The Balaban J connectivity index is 1.48. The third-order valence-electron chi connectivity index (χ3n) is 4.82. The summed E-state index contributed by atoms with van der Waals surface area (Å²) in [6.45, 7) is 1.12. The number of anilines is 1. The molecule has 0 bridgehead atoms. The maximum absolute atomic E-state index is 13.2. The number of rotatable bonds is 5. The van der Waals surface area contributed by atoms with Gasteiger partial charge in [-0.3, -0.25) is 14.4 Å². The van der Waals surface area contributed by atoms with Crippen molar-refractivity contribution in [3.8, 4) is 11.4 Å². The highest BCUT2D eigenvalue weighted by molar-refractivity contribution is 5.92. The van der Waals surface area contributed by atoms with Gasteiger partial charge in [0.1, 0.15) is 5.82 Å². The third kappa shape index (κ3) is 4.07. The summed E-state index contributed by atoms with van der Waals surface area (Å²) < 4.78 is 14.8. The lowest BCUT2D eigenvalue weighted by Gasteiger charge is -2.23. The second kappa shape index (κ2) is 7.85. The molecule has 0 saturated carbocycles. The van der Waals surface area contributed by atoms with Gasteiger partial charge in [-0.2, -0.15) is 5.10 Å². The van der Waals surface area contributed by atoms with E-state index in [1.807, 2.05) is 6.07 Å². The van der Waals surface area contributed by atoms with E-state index in [9.17, 15) is 9.18 Å².